The molecule has 1 saturated heterocycles. The van der Waals surface area contributed by atoms with Crippen LogP contribution in [0.1, 0.15) is 49.7 Å². The molecule has 3 rings (SSSR count). The molecule has 2 heterocycles. The zero-order valence-electron chi connectivity index (χ0n) is 16.3. The first kappa shape index (κ1) is 18.6. The molecule has 1 atom stereocenters. The van der Waals surface area contributed by atoms with E-state index >= 15 is 0 Å². The maximum atomic E-state index is 12.8. The van der Waals surface area contributed by atoms with Crippen molar-refractivity contribution >= 4 is 5.91 Å². The average molecular weight is 354 g/mol. The SMILES string of the molecule is Cc1c(-c2ccccc2)n[nH]c1C(=O)NC(C)(C)CN1CCC[C@H](C)C1. The molecule has 1 amide bonds. The van der Waals surface area contributed by atoms with Crippen LogP contribution in [0.15, 0.2) is 30.3 Å². The zero-order chi connectivity index (χ0) is 18.7. The molecule has 5 nitrogen and oxygen atoms in total. The van der Waals surface area contributed by atoms with Crippen LogP contribution in [-0.2, 0) is 0 Å². The smallest absolute Gasteiger partial charge is 0.270 e. The number of H-pyrrole nitrogens is 1. The van der Waals surface area contributed by atoms with E-state index in [1.54, 1.807) is 0 Å². The topological polar surface area (TPSA) is 61.0 Å². The average Bonchev–Trinajstić information content (AvgIpc) is 2.96. The lowest BCUT2D eigenvalue weighted by atomic mass is 9.97. The number of nitrogens with one attached hydrogen (secondary N) is 2. The summed E-state index contributed by atoms with van der Waals surface area (Å²) in [6, 6.07) is 9.94. The van der Waals surface area contributed by atoms with Crippen molar-refractivity contribution in [3.63, 3.8) is 0 Å². The zero-order valence-corrected chi connectivity index (χ0v) is 16.3. The van der Waals surface area contributed by atoms with Gasteiger partial charge >= 0.3 is 0 Å². The highest BCUT2D eigenvalue weighted by Gasteiger charge is 2.28. The van der Waals surface area contributed by atoms with E-state index in [1.807, 2.05) is 37.3 Å². The summed E-state index contributed by atoms with van der Waals surface area (Å²) in [6.07, 6.45) is 2.55. The van der Waals surface area contributed by atoms with Crippen LogP contribution < -0.4 is 5.32 Å². The van der Waals surface area contributed by atoms with Gasteiger partial charge in [0.1, 0.15) is 5.69 Å². The summed E-state index contributed by atoms with van der Waals surface area (Å²) in [5.74, 6) is 0.644. The van der Waals surface area contributed by atoms with Crippen molar-refractivity contribution in [2.75, 3.05) is 19.6 Å². The quantitative estimate of drug-likeness (QED) is 0.862. The maximum Gasteiger partial charge on any atom is 0.270 e. The normalized spacial score (nSPS) is 18.7. The van der Waals surface area contributed by atoms with Crippen molar-refractivity contribution in [1.82, 2.24) is 20.4 Å². The van der Waals surface area contributed by atoms with Gasteiger partial charge in [0.2, 0.25) is 0 Å². The molecule has 5 heteroatoms. The van der Waals surface area contributed by atoms with Gasteiger partial charge in [0.25, 0.3) is 5.91 Å². The van der Waals surface area contributed by atoms with E-state index in [9.17, 15) is 4.79 Å². The first-order valence-electron chi connectivity index (χ1n) is 9.51. The largest absolute Gasteiger partial charge is 0.345 e. The number of aromatic nitrogens is 2. The fourth-order valence-electron chi connectivity index (χ4n) is 3.89. The van der Waals surface area contributed by atoms with E-state index in [-0.39, 0.29) is 11.4 Å². The number of aromatic amines is 1. The molecule has 2 aromatic rings. The molecule has 0 unspecified atom stereocenters. The highest BCUT2D eigenvalue weighted by atomic mass is 16.2. The van der Waals surface area contributed by atoms with Gasteiger partial charge in [-0.3, -0.25) is 9.89 Å². The molecule has 26 heavy (non-hydrogen) atoms. The summed E-state index contributed by atoms with van der Waals surface area (Å²) < 4.78 is 0. The second-order valence-electron chi connectivity index (χ2n) is 8.26. The molecule has 0 spiro atoms. The van der Waals surface area contributed by atoms with Crippen LogP contribution in [0, 0.1) is 12.8 Å². The monoisotopic (exact) mass is 354 g/mol. The lowest BCUT2D eigenvalue weighted by Gasteiger charge is -2.37. The van der Waals surface area contributed by atoms with Crippen LogP contribution in [-0.4, -0.2) is 46.2 Å². The van der Waals surface area contributed by atoms with Crippen LogP contribution in [0.5, 0.6) is 0 Å². The third-order valence-corrected chi connectivity index (χ3v) is 5.10. The van der Waals surface area contributed by atoms with E-state index in [0.717, 1.165) is 42.4 Å². The standard InChI is InChI=1S/C21H30N4O/c1-15-9-8-12-25(13-15)14-21(3,4)22-20(26)19-16(2)18(23-24-19)17-10-6-5-7-11-17/h5-7,10-11,15H,8-9,12-14H2,1-4H3,(H,22,26)(H,23,24)/t15-/m0/s1. The summed E-state index contributed by atoms with van der Waals surface area (Å²) in [5, 5.41) is 10.5. The Balaban J connectivity index is 1.68. The molecule has 1 aromatic carbocycles. The minimum Gasteiger partial charge on any atom is -0.345 e. The molecule has 1 fully saturated rings. The Hall–Kier alpha value is -2.14. The van der Waals surface area contributed by atoms with Gasteiger partial charge in [0.05, 0.1) is 5.69 Å². The Kier molecular flexibility index (Phi) is 5.47. The Morgan fingerprint density at radius 3 is 2.77 bits per heavy atom. The van der Waals surface area contributed by atoms with Crippen molar-refractivity contribution < 1.29 is 4.79 Å². The van der Waals surface area contributed by atoms with E-state index in [0.29, 0.717) is 5.69 Å². The molecule has 0 radical (unpaired) electrons. The summed E-state index contributed by atoms with van der Waals surface area (Å²) >= 11 is 0. The van der Waals surface area contributed by atoms with Crippen LogP contribution in [0.25, 0.3) is 11.3 Å². The van der Waals surface area contributed by atoms with Gasteiger partial charge in [-0.1, -0.05) is 37.3 Å². The third kappa shape index (κ3) is 4.33. The van der Waals surface area contributed by atoms with Gasteiger partial charge in [0.15, 0.2) is 0 Å². The molecule has 140 valence electrons. The lowest BCUT2D eigenvalue weighted by Crippen LogP contribution is -2.53. The Morgan fingerprint density at radius 2 is 2.08 bits per heavy atom. The van der Waals surface area contributed by atoms with Gasteiger partial charge < -0.3 is 10.2 Å². The Morgan fingerprint density at radius 1 is 1.35 bits per heavy atom. The first-order valence-corrected chi connectivity index (χ1v) is 9.51. The number of piperidine rings is 1. The number of hydrogen-bond acceptors (Lipinski definition) is 3. The summed E-state index contributed by atoms with van der Waals surface area (Å²) in [5.41, 5.74) is 2.99. The van der Waals surface area contributed by atoms with E-state index < -0.39 is 0 Å². The minimum atomic E-state index is -0.293. The molecule has 1 aliphatic rings. The Labute approximate surface area is 156 Å². The van der Waals surface area contributed by atoms with Crippen molar-refractivity contribution in [2.45, 2.75) is 46.1 Å². The predicted octanol–water partition coefficient (Wildman–Crippen LogP) is 3.63. The van der Waals surface area contributed by atoms with E-state index in [2.05, 4.69) is 41.2 Å². The molecule has 1 aliphatic heterocycles. The summed E-state index contributed by atoms with van der Waals surface area (Å²) in [4.78, 5) is 15.3. The second-order valence-corrected chi connectivity index (χ2v) is 8.26. The van der Waals surface area contributed by atoms with E-state index in [4.69, 9.17) is 0 Å². The number of likely N-dealkylation sites (tertiary alicyclic amines) is 1. The van der Waals surface area contributed by atoms with Gasteiger partial charge in [-0.15, -0.1) is 0 Å². The first-order chi connectivity index (χ1) is 12.4. The summed E-state index contributed by atoms with van der Waals surface area (Å²) in [7, 11) is 0. The molecule has 0 saturated carbocycles. The molecule has 0 aliphatic carbocycles. The molecule has 1 aromatic heterocycles. The lowest BCUT2D eigenvalue weighted by molar-refractivity contribution is 0.0857. The third-order valence-electron chi connectivity index (χ3n) is 5.10. The predicted molar refractivity (Wildman–Crippen MR) is 105 cm³/mol. The number of hydrogen-bond donors (Lipinski definition) is 2. The molecule has 2 N–H and O–H groups in total. The number of rotatable bonds is 5. The number of carbonyl (C=O) groups is 1. The van der Waals surface area contributed by atoms with Crippen molar-refractivity contribution in [1.29, 1.82) is 0 Å². The number of carbonyl (C=O) groups excluding carboxylic acids is 1. The fourth-order valence-corrected chi connectivity index (χ4v) is 3.89. The molecular formula is C21H30N4O. The van der Waals surface area contributed by atoms with Crippen LogP contribution in [0.4, 0.5) is 0 Å². The van der Waals surface area contributed by atoms with Crippen LogP contribution in [0.3, 0.4) is 0 Å². The summed E-state index contributed by atoms with van der Waals surface area (Å²) in [6.45, 7) is 11.5. The number of amides is 1. The van der Waals surface area contributed by atoms with Crippen molar-refractivity contribution in [3.05, 3.63) is 41.6 Å². The van der Waals surface area contributed by atoms with Gasteiger partial charge in [-0.05, 0) is 46.1 Å². The van der Waals surface area contributed by atoms with Crippen molar-refractivity contribution in [3.8, 4) is 11.3 Å². The number of nitrogens with zero attached hydrogens (tertiary/aromatic N) is 2. The van der Waals surface area contributed by atoms with E-state index in [1.165, 1.54) is 12.8 Å². The fraction of sp³-hybridized carbons (Fsp3) is 0.524. The van der Waals surface area contributed by atoms with Gasteiger partial charge in [-0.25, -0.2) is 0 Å². The highest BCUT2D eigenvalue weighted by molar-refractivity contribution is 5.95. The molecular weight excluding hydrogens is 324 g/mol. The van der Waals surface area contributed by atoms with Gasteiger partial charge in [0, 0.05) is 29.8 Å². The van der Waals surface area contributed by atoms with Crippen LogP contribution in [0.2, 0.25) is 0 Å². The minimum absolute atomic E-state index is 0.0905. The Bertz CT molecular complexity index is 751. The highest BCUT2D eigenvalue weighted by Crippen LogP contribution is 2.23. The number of benzene rings is 1. The second kappa shape index (κ2) is 7.62. The van der Waals surface area contributed by atoms with Crippen LogP contribution >= 0.6 is 0 Å². The van der Waals surface area contributed by atoms with Gasteiger partial charge in [-0.2, -0.15) is 5.10 Å². The maximum absolute atomic E-state index is 12.8. The molecule has 0 bridgehead atoms. The van der Waals surface area contributed by atoms with Crippen molar-refractivity contribution in [2.24, 2.45) is 5.92 Å².